The summed E-state index contributed by atoms with van der Waals surface area (Å²) in [7, 11) is 1.67. The molecular formula is C31H45NO5. The van der Waals surface area contributed by atoms with Crippen molar-refractivity contribution in [1.82, 2.24) is 5.32 Å². The number of nitrogens with one attached hydrogen (secondary N) is 1. The van der Waals surface area contributed by atoms with Gasteiger partial charge in [-0.3, -0.25) is 4.79 Å². The number of fused-ring (bicyclic) bond motifs is 1. The predicted molar refractivity (Wildman–Crippen MR) is 146 cm³/mol. The lowest BCUT2D eigenvalue weighted by Gasteiger charge is -2.35. The minimum absolute atomic E-state index is 0.0950. The van der Waals surface area contributed by atoms with Crippen LogP contribution in [0, 0.1) is 17.3 Å². The van der Waals surface area contributed by atoms with Crippen LogP contribution in [-0.2, 0) is 27.1 Å². The maximum absolute atomic E-state index is 13.8. The largest absolute Gasteiger partial charge is 0.513 e. The summed E-state index contributed by atoms with van der Waals surface area (Å²) in [6, 6.07) is 6.50. The van der Waals surface area contributed by atoms with E-state index >= 15 is 0 Å². The number of benzene rings is 1. The molecule has 0 spiro atoms. The quantitative estimate of drug-likeness (QED) is 0.249. The van der Waals surface area contributed by atoms with Crippen LogP contribution in [0.25, 0.3) is 0 Å². The summed E-state index contributed by atoms with van der Waals surface area (Å²) in [6.07, 6.45) is 11.5. The van der Waals surface area contributed by atoms with E-state index in [0.29, 0.717) is 32.0 Å². The fourth-order valence-corrected chi connectivity index (χ4v) is 6.44. The first kappa shape index (κ1) is 27.7. The molecule has 0 unspecified atom stereocenters. The van der Waals surface area contributed by atoms with Crippen LogP contribution < -0.4 is 10.1 Å². The number of aliphatic hydroxyl groups is 1. The predicted octanol–water partition coefficient (Wildman–Crippen LogP) is 6.04. The third kappa shape index (κ3) is 7.17. The maximum atomic E-state index is 13.8. The number of aryl methyl sites for hydroxylation is 2. The number of carbonyl (C=O) groups excluding carboxylic acids is 1. The number of rotatable bonds is 13. The van der Waals surface area contributed by atoms with E-state index in [2.05, 4.69) is 30.6 Å². The summed E-state index contributed by atoms with van der Waals surface area (Å²) in [5.74, 6) is 1.97. The lowest BCUT2D eigenvalue weighted by Crippen LogP contribution is -2.47. The molecule has 6 nitrogen and oxygen atoms in total. The van der Waals surface area contributed by atoms with Crippen LogP contribution in [-0.4, -0.2) is 44.0 Å². The van der Waals surface area contributed by atoms with Crippen LogP contribution in [0.2, 0.25) is 0 Å². The molecule has 3 aliphatic carbocycles. The number of methoxy groups -OCH3 is 1. The highest BCUT2D eigenvalue weighted by molar-refractivity contribution is 5.83. The Morgan fingerprint density at radius 2 is 1.81 bits per heavy atom. The minimum Gasteiger partial charge on any atom is -0.513 e. The van der Waals surface area contributed by atoms with E-state index in [9.17, 15) is 9.90 Å². The standard InChI is InChI=1S/C31H45NO5/c1-22(33)24-9-12-28(13-10-24)32-30(34)31(15-4-5-16-31)20-27(21-36-18-17-35-3)23(2)37-29-14-11-25-7-6-8-26(25)19-29/h11,14,19,24,27-28,33H,1-2,4-10,12-13,15-18,20-21H2,3H3,(H,32,34)/t24-,27-,28+/m0/s1. The number of allylic oxidation sites excluding steroid dienone is 1. The van der Waals surface area contributed by atoms with E-state index in [1.54, 1.807) is 7.11 Å². The molecule has 0 bridgehead atoms. The van der Waals surface area contributed by atoms with Crippen LogP contribution in [0.5, 0.6) is 5.75 Å². The zero-order valence-electron chi connectivity index (χ0n) is 22.6. The van der Waals surface area contributed by atoms with Gasteiger partial charge in [0.25, 0.3) is 0 Å². The first-order valence-electron chi connectivity index (χ1n) is 14.1. The van der Waals surface area contributed by atoms with Crippen molar-refractivity contribution >= 4 is 5.91 Å². The van der Waals surface area contributed by atoms with Crippen molar-refractivity contribution in [3.05, 3.63) is 54.0 Å². The Kier molecular flexibility index (Phi) is 9.71. The number of carbonyl (C=O) groups is 1. The highest BCUT2D eigenvalue weighted by Crippen LogP contribution is 2.45. The second-order valence-electron chi connectivity index (χ2n) is 11.3. The molecule has 0 radical (unpaired) electrons. The molecule has 0 saturated heterocycles. The molecule has 6 heteroatoms. The summed E-state index contributed by atoms with van der Waals surface area (Å²) in [6.45, 7) is 9.49. The van der Waals surface area contributed by atoms with E-state index in [1.165, 1.54) is 17.5 Å². The topological polar surface area (TPSA) is 77.0 Å². The number of amides is 1. The Morgan fingerprint density at radius 1 is 1.08 bits per heavy atom. The van der Waals surface area contributed by atoms with Crippen molar-refractivity contribution in [2.75, 3.05) is 26.9 Å². The average Bonchev–Trinajstić information content (AvgIpc) is 3.56. The van der Waals surface area contributed by atoms with E-state index < -0.39 is 5.41 Å². The molecule has 0 aliphatic heterocycles. The first-order chi connectivity index (χ1) is 17.9. The molecule has 0 heterocycles. The van der Waals surface area contributed by atoms with Gasteiger partial charge in [0, 0.05) is 30.4 Å². The molecule has 0 aromatic heterocycles. The van der Waals surface area contributed by atoms with E-state index in [1.807, 2.05) is 6.07 Å². The van der Waals surface area contributed by atoms with Crippen molar-refractivity contribution in [1.29, 1.82) is 0 Å². The van der Waals surface area contributed by atoms with Gasteiger partial charge in [-0.05, 0) is 87.5 Å². The maximum Gasteiger partial charge on any atom is 0.226 e. The van der Waals surface area contributed by atoms with Gasteiger partial charge in [0.2, 0.25) is 5.91 Å². The van der Waals surface area contributed by atoms with Crippen molar-refractivity contribution in [3.63, 3.8) is 0 Å². The molecule has 3 aliphatic rings. The van der Waals surface area contributed by atoms with Gasteiger partial charge >= 0.3 is 0 Å². The normalized spacial score (nSPS) is 23.3. The van der Waals surface area contributed by atoms with Gasteiger partial charge in [-0.15, -0.1) is 0 Å². The molecule has 1 aromatic rings. The molecule has 1 amide bonds. The second kappa shape index (κ2) is 13.0. The van der Waals surface area contributed by atoms with Crippen LogP contribution >= 0.6 is 0 Å². The van der Waals surface area contributed by atoms with Gasteiger partial charge < -0.3 is 24.6 Å². The van der Waals surface area contributed by atoms with E-state index in [-0.39, 0.29) is 29.5 Å². The van der Waals surface area contributed by atoms with Gasteiger partial charge in [0.05, 0.1) is 25.6 Å². The Labute approximate surface area is 222 Å². The zero-order valence-corrected chi connectivity index (χ0v) is 22.6. The molecule has 2 saturated carbocycles. The summed E-state index contributed by atoms with van der Waals surface area (Å²) in [5, 5.41) is 13.1. The van der Waals surface area contributed by atoms with E-state index in [0.717, 1.165) is 70.0 Å². The highest BCUT2D eigenvalue weighted by atomic mass is 16.5. The number of hydrogen-bond donors (Lipinski definition) is 2. The Morgan fingerprint density at radius 3 is 2.51 bits per heavy atom. The SMILES string of the molecule is C=C(Oc1ccc2c(c1)CCC2)[C@H](COCCOC)CC1(C(=O)N[C@H]2CC[C@@H](C(=C)O)CC2)CCCC1. The molecule has 2 fully saturated rings. The van der Waals surface area contributed by atoms with Crippen LogP contribution in [0.1, 0.15) is 75.3 Å². The van der Waals surface area contributed by atoms with Crippen LogP contribution in [0.4, 0.5) is 0 Å². The van der Waals surface area contributed by atoms with Gasteiger partial charge in [-0.2, -0.15) is 0 Å². The summed E-state index contributed by atoms with van der Waals surface area (Å²) < 4.78 is 17.4. The minimum atomic E-state index is -0.434. The molecule has 1 aromatic carbocycles. The molecule has 4 rings (SSSR count). The monoisotopic (exact) mass is 511 g/mol. The number of aliphatic hydroxyl groups excluding tert-OH is 1. The average molecular weight is 512 g/mol. The molecule has 1 atom stereocenters. The van der Waals surface area contributed by atoms with Crippen molar-refractivity contribution in [2.45, 2.75) is 83.1 Å². The summed E-state index contributed by atoms with van der Waals surface area (Å²) in [5.41, 5.74) is 2.34. The smallest absolute Gasteiger partial charge is 0.226 e. The first-order valence-corrected chi connectivity index (χ1v) is 14.1. The lowest BCUT2D eigenvalue weighted by atomic mass is 9.75. The number of ether oxygens (including phenoxy) is 3. The fraction of sp³-hybridized carbons (Fsp3) is 0.645. The number of hydrogen-bond acceptors (Lipinski definition) is 5. The fourth-order valence-electron chi connectivity index (χ4n) is 6.44. The van der Waals surface area contributed by atoms with Gasteiger partial charge in [-0.25, -0.2) is 0 Å². The summed E-state index contributed by atoms with van der Waals surface area (Å²) >= 11 is 0. The Hall–Kier alpha value is -2.31. The molecule has 2 N–H and O–H groups in total. The van der Waals surface area contributed by atoms with Crippen molar-refractivity contribution in [2.24, 2.45) is 17.3 Å². The Bertz CT molecular complexity index is 943. The van der Waals surface area contributed by atoms with Crippen molar-refractivity contribution in [3.8, 4) is 5.75 Å². The van der Waals surface area contributed by atoms with Gasteiger partial charge in [-0.1, -0.05) is 32.1 Å². The second-order valence-corrected chi connectivity index (χ2v) is 11.3. The van der Waals surface area contributed by atoms with Crippen LogP contribution in [0.15, 0.2) is 42.9 Å². The third-order valence-electron chi connectivity index (χ3n) is 8.74. The van der Waals surface area contributed by atoms with Gasteiger partial charge in [0.1, 0.15) is 11.5 Å². The third-order valence-corrected chi connectivity index (χ3v) is 8.74. The Balaban J connectivity index is 1.43. The highest BCUT2D eigenvalue weighted by Gasteiger charge is 2.44. The van der Waals surface area contributed by atoms with Crippen molar-refractivity contribution < 1.29 is 24.1 Å². The molecule has 204 valence electrons. The van der Waals surface area contributed by atoms with Crippen LogP contribution in [0.3, 0.4) is 0 Å². The molecule has 37 heavy (non-hydrogen) atoms. The van der Waals surface area contributed by atoms with Gasteiger partial charge in [0.15, 0.2) is 0 Å². The molecular weight excluding hydrogens is 466 g/mol. The zero-order chi connectivity index (χ0) is 26.3. The lowest BCUT2D eigenvalue weighted by molar-refractivity contribution is -0.133. The van der Waals surface area contributed by atoms with E-state index in [4.69, 9.17) is 14.2 Å². The summed E-state index contributed by atoms with van der Waals surface area (Å²) in [4.78, 5) is 13.8.